The molecule has 23 heavy (non-hydrogen) atoms. The summed E-state index contributed by atoms with van der Waals surface area (Å²) in [4.78, 5) is 25.6. The Bertz CT molecular complexity index is 764. The molecule has 5 nitrogen and oxygen atoms in total. The second-order valence-corrected chi connectivity index (χ2v) is 6.51. The molecule has 2 rings (SSSR count). The fourth-order valence-corrected chi connectivity index (χ4v) is 2.21. The highest BCUT2D eigenvalue weighted by Gasteiger charge is 2.17. The van der Waals surface area contributed by atoms with E-state index in [1.165, 1.54) is 11.0 Å². The number of hydrogen-bond donors (Lipinski definition) is 0. The van der Waals surface area contributed by atoms with Gasteiger partial charge in [-0.2, -0.15) is 0 Å². The summed E-state index contributed by atoms with van der Waals surface area (Å²) in [5.41, 5.74) is 1.61. The number of carbonyl (C=O) groups excluding carboxylic acids is 2. The van der Waals surface area contributed by atoms with Crippen molar-refractivity contribution < 1.29 is 14.3 Å². The van der Waals surface area contributed by atoms with Crippen molar-refractivity contribution in [3.05, 3.63) is 47.8 Å². The molecular weight excluding hydrogens is 292 g/mol. The van der Waals surface area contributed by atoms with Crippen LogP contribution in [0.3, 0.4) is 0 Å². The van der Waals surface area contributed by atoms with E-state index in [0.717, 1.165) is 11.2 Å². The quantitative estimate of drug-likeness (QED) is 0.646. The number of nitrogens with zero attached hydrogens (tertiary/aromatic N) is 2. The van der Waals surface area contributed by atoms with Crippen LogP contribution in [0.15, 0.2) is 36.5 Å². The van der Waals surface area contributed by atoms with Gasteiger partial charge in [0.2, 0.25) is 0 Å². The Morgan fingerprint density at radius 1 is 1.22 bits per heavy atom. The minimum absolute atomic E-state index is 0.0781. The number of ether oxygens (including phenoxy) is 1. The minimum Gasteiger partial charge on any atom is -0.457 e. The summed E-state index contributed by atoms with van der Waals surface area (Å²) in [7, 11) is 3.43. The molecule has 0 unspecified atom stereocenters. The third-order valence-electron chi connectivity index (χ3n) is 3.14. The highest BCUT2D eigenvalue weighted by Crippen LogP contribution is 2.19. The maximum atomic E-state index is 12.3. The van der Waals surface area contributed by atoms with Crippen molar-refractivity contribution in [1.82, 2.24) is 9.30 Å². The molecule has 5 heteroatoms. The SMILES string of the molecule is CN(C)C(=O)c1cc(/C=C/C(=O)OC(C)(C)C)n2ccccc12. The first-order chi connectivity index (χ1) is 10.7. The van der Waals surface area contributed by atoms with E-state index in [1.54, 1.807) is 26.2 Å². The Morgan fingerprint density at radius 2 is 1.91 bits per heavy atom. The molecule has 0 bridgehead atoms. The van der Waals surface area contributed by atoms with Gasteiger partial charge in [0, 0.05) is 32.1 Å². The van der Waals surface area contributed by atoms with E-state index in [-0.39, 0.29) is 5.91 Å². The average molecular weight is 314 g/mol. The molecule has 2 heterocycles. The number of pyridine rings is 1. The first-order valence-electron chi connectivity index (χ1n) is 7.42. The van der Waals surface area contributed by atoms with E-state index in [9.17, 15) is 9.59 Å². The van der Waals surface area contributed by atoms with Gasteiger partial charge in [0.25, 0.3) is 5.91 Å². The van der Waals surface area contributed by atoms with Crippen molar-refractivity contribution in [2.24, 2.45) is 0 Å². The lowest BCUT2D eigenvalue weighted by Crippen LogP contribution is -2.22. The second-order valence-electron chi connectivity index (χ2n) is 6.51. The Labute approximate surface area is 136 Å². The van der Waals surface area contributed by atoms with Crippen molar-refractivity contribution in [3.8, 4) is 0 Å². The molecule has 122 valence electrons. The van der Waals surface area contributed by atoms with Gasteiger partial charge in [0.15, 0.2) is 0 Å². The smallest absolute Gasteiger partial charge is 0.331 e. The zero-order valence-electron chi connectivity index (χ0n) is 14.2. The number of rotatable bonds is 3. The lowest BCUT2D eigenvalue weighted by molar-refractivity contribution is -0.148. The molecule has 0 aliphatic carbocycles. The Hall–Kier alpha value is -2.56. The van der Waals surface area contributed by atoms with Crippen LogP contribution in [0.1, 0.15) is 36.8 Å². The minimum atomic E-state index is -0.533. The standard InChI is InChI=1S/C18H22N2O3/c1-18(2,3)23-16(21)10-9-13-12-14(17(22)19(4)5)15-8-6-7-11-20(13)15/h6-12H,1-5H3/b10-9+. The predicted molar refractivity (Wildman–Crippen MR) is 90.3 cm³/mol. The van der Waals surface area contributed by atoms with Gasteiger partial charge in [-0.1, -0.05) is 6.07 Å². The Morgan fingerprint density at radius 3 is 2.52 bits per heavy atom. The fourth-order valence-electron chi connectivity index (χ4n) is 2.21. The van der Waals surface area contributed by atoms with Gasteiger partial charge in [-0.25, -0.2) is 4.79 Å². The summed E-state index contributed by atoms with van der Waals surface area (Å²) < 4.78 is 7.13. The Kier molecular flexibility index (Phi) is 4.59. The van der Waals surface area contributed by atoms with Crippen LogP contribution >= 0.6 is 0 Å². The van der Waals surface area contributed by atoms with Crippen molar-refractivity contribution in [3.63, 3.8) is 0 Å². The van der Waals surface area contributed by atoms with Crippen LogP contribution in [-0.2, 0) is 9.53 Å². The number of fused-ring (bicyclic) bond motifs is 1. The van der Waals surface area contributed by atoms with E-state index in [1.807, 2.05) is 49.6 Å². The van der Waals surface area contributed by atoms with Gasteiger partial charge in [-0.15, -0.1) is 0 Å². The van der Waals surface area contributed by atoms with Crippen LogP contribution in [0.4, 0.5) is 0 Å². The number of hydrogen-bond acceptors (Lipinski definition) is 3. The van der Waals surface area contributed by atoms with E-state index < -0.39 is 11.6 Å². The molecule has 0 saturated carbocycles. The normalized spacial score (nSPS) is 11.9. The third kappa shape index (κ3) is 4.00. The second kappa shape index (κ2) is 6.28. The number of carbonyl (C=O) groups is 2. The van der Waals surface area contributed by atoms with E-state index >= 15 is 0 Å². The summed E-state index contributed by atoms with van der Waals surface area (Å²) in [6.07, 6.45) is 4.90. The summed E-state index contributed by atoms with van der Waals surface area (Å²) >= 11 is 0. The summed E-state index contributed by atoms with van der Waals surface area (Å²) in [5.74, 6) is -0.491. The van der Waals surface area contributed by atoms with Gasteiger partial charge < -0.3 is 14.0 Å². The third-order valence-corrected chi connectivity index (χ3v) is 3.14. The number of amides is 1. The highest BCUT2D eigenvalue weighted by molar-refractivity contribution is 6.02. The molecule has 0 N–H and O–H groups in total. The molecule has 0 atom stereocenters. The molecule has 0 fully saturated rings. The zero-order valence-corrected chi connectivity index (χ0v) is 14.2. The molecule has 0 spiro atoms. The Balaban J connectivity index is 2.38. The molecular formula is C18H22N2O3. The number of esters is 1. The summed E-state index contributed by atoms with van der Waals surface area (Å²) in [5, 5.41) is 0. The van der Waals surface area contributed by atoms with Gasteiger partial charge in [-0.05, 0) is 45.0 Å². The molecule has 1 amide bonds. The maximum Gasteiger partial charge on any atom is 0.331 e. The molecule has 0 aromatic carbocycles. The van der Waals surface area contributed by atoms with Gasteiger partial charge >= 0.3 is 5.97 Å². The maximum absolute atomic E-state index is 12.3. The van der Waals surface area contributed by atoms with Crippen molar-refractivity contribution >= 4 is 23.5 Å². The summed E-state index contributed by atoms with van der Waals surface area (Å²) in [6.45, 7) is 5.46. The van der Waals surface area contributed by atoms with Crippen LogP contribution in [0.2, 0.25) is 0 Å². The van der Waals surface area contributed by atoms with E-state index in [0.29, 0.717) is 5.56 Å². The average Bonchev–Trinajstić information content (AvgIpc) is 2.81. The molecule has 0 saturated heterocycles. The van der Waals surface area contributed by atoms with Crippen molar-refractivity contribution in [1.29, 1.82) is 0 Å². The van der Waals surface area contributed by atoms with Gasteiger partial charge in [-0.3, -0.25) is 4.79 Å². The predicted octanol–water partition coefficient (Wildman–Crippen LogP) is 3.00. The molecule has 2 aromatic heterocycles. The number of aromatic nitrogens is 1. The molecule has 0 radical (unpaired) electrons. The van der Waals surface area contributed by atoms with Crippen LogP contribution < -0.4 is 0 Å². The zero-order chi connectivity index (χ0) is 17.2. The lowest BCUT2D eigenvalue weighted by Gasteiger charge is -2.17. The topological polar surface area (TPSA) is 51.0 Å². The lowest BCUT2D eigenvalue weighted by atomic mass is 10.2. The van der Waals surface area contributed by atoms with Crippen LogP contribution in [-0.4, -0.2) is 40.9 Å². The molecule has 0 aliphatic heterocycles. The van der Waals surface area contributed by atoms with Crippen molar-refractivity contribution in [2.75, 3.05) is 14.1 Å². The monoisotopic (exact) mass is 314 g/mol. The van der Waals surface area contributed by atoms with Crippen LogP contribution in [0, 0.1) is 0 Å². The largest absolute Gasteiger partial charge is 0.457 e. The first kappa shape index (κ1) is 16.8. The van der Waals surface area contributed by atoms with Crippen molar-refractivity contribution in [2.45, 2.75) is 26.4 Å². The summed E-state index contributed by atoms with van der Waals surface area (Å²) in [6, 6.07) is 7.41. The molecule has 0 aliphatic rings. The fraction of sp³-hybridized carbons (Fsp3) is 0.333. The first-order valence-corrected chi connectivity index (χ1v) is 7.42. The van der Waals surface area contributed by atoms with Crippen LogP contribution in [0.25, 0.3) is 11.6 Å². The molecule has 2 aromatic rings. The van der Waals surface area contributed by atoms with E-state index in [2.05, 4.69) is 0 Å². The van der Waals surface area contributed by atoms with Gasteiger partial charge in [0.1, 0.15) is 5.60 Å². The van der Waals surface area contributed by atoms with E-state index in [4.69, 9.17) is 4.74 Å². The van der Waals surface area contributed by atoms with Gasteiger partial charge in [0.05, 0.1) is 11.1 Å². The highest BCUT2D eigenvalue weighted by atomic mass is 16.6. The van der Waals surface area contributed by atoms with Crippen LogP contribution in [0.5, 0.6) is 0 Å².